The Bertz CT molecular complexity index is 2550. The highest BCUT2D eigenvalue weighted by atomic mass is 33.1. The van der Waals surface area contributed by atoms with Crippen LogP contribution in [0, 0.1) is 0 Å². The van der Waals surface area contributed by atoms with Crippen LogP contribution in [-0.4, -0.2) is 70.6 Å². The van der Waals surface area contributed by atoms with Crippen molar-refractivity contribution in [3.63, 3.8) is 0 Å². The van der Waals surface area contributed by atoms with Crippen molar-refractivity contribution in [2.24, 2.45) is 0 Å². The number of nitrogens with zero attached hydrogens (tertiary/aromatic N) is 2. The lowest BCUT2D eigenvalue weighted by Gasteiger charge is -2.15. The molecule has 8 rings (SSSR count). The molecule has 0 fully saturated rings. The molecule has 0 saturated carbocycles. The Labute approximate surface area is 364 Å². The lowest BCUT2D eigenvalue weighted by atomic mass is 10.1. The maximum Gasteiger partial charge on any atom is 0.254 e. The zero-order chi connectivity index (χ0) is 43.0. The highest BCUT2D eigenvalue weighted by Crippen LogP contribution is 2.43. The Kier molecular flexibility index (Phi) is 13.0. The van der Waals surface area contributed by atoms with Crippen LogP contribution in [0.2, 0.25) is 0 Å². The number of unbranched alkanes of at least 4 members (excludes halogenated alkanes) is 2. The molecule has 0 spiro atoms. The maximum absolute atomic E-state index is 13.4. The minimum absolute atomic E-state index is 0.237. The average Bonchev–Trinajstić information content (AvgIpc) is 3.49. The first-order valence-electron chi connectivity index (χ1n) is 20.3. The van der Waals surface area contributed by atoms with Crippen molar-refractivity contribution < 1.29 is 28.8 Å². The number of benzene rings is 4. The van der Waals surface area contributed by atoms with Crippen LogP contribution in [0.15, 0.2) is 119 Å². The summed E-state index contributed by atoms with van der Waals surface area (Å²) in [5.41, 5.74) is 4.18. The molecule has 4 heterocycles. The maximum atomic E-state index is 13.4. The molecule has 314 valence electrons. The number of fused-ring (bicyclic) bond motifs is 4. The van der Waals surface area contributed by atoms with Crippen LogP contribution < -0.4 is 31.9 Å². The predicted octanol–water partition coefficient (Wildman–Crippen LogP) is 6.88. The molecule has 4 aromatic carbocycles. The molecular weight excluding hydrogens is 825 g/mol. The minimum Gasteiger partial charge on any atom is -0.352 e. The molecule has 6 aromatic rings. The quantitative estimate of drug-likeness (QED) is 0.0467. The topological polar surface area (TPSA) is 200 Å². The molecule has 14 nitrogen and oxygen atoms in total. The number of nitrogens with one attached hydrogen (secondary N) is 6. The molecular formula is C46H42N8O6S2. The van der Waals surface area contributed by atoms with E-state index in [1.165, 1.54) is 21.6 Å². The third-order valence-corrected chi connectivity index (χ3v) is 13.1. The molecule has 0 aliphatic carbocycles. The molecule has 2 aliphatic rings. The smallest absolute Gasteiger partial charge is 0.254 e. The summed E-state index contributed by atoms with van der Waals surface area (Å²) in [6.07, 6.45) is 6.70. The third kappa shape index (κ3) is 9.41. The van der Waals surface area contributed by atoms with Crippen molar-refractivity contribution in [2.45, 2.75) is 60.4 Å². The zero-order valence-corrected chi connectivity index (χ0v) is 35.0. The second kappa shape index (κ2) is 19.3. The third-order valence-electron chi connectivity index (χ3n) is 10.7. The van der Waals surface area contributed by atoms with Crippen molar-refractivity contribution in [3.05, 3.63) is 132 Å². The first kappa shape index (κ1) is 41.9. The average molecular weight is 867 g/mol. The van der Waals surface area contributed by atoms with E-state index < -0.39 is 12.1 Å². The van der Waals surface area contributed by atoms with Gasteiger partial charge in [0.15, 0.2) is 0 Å². The van der Waals surface area contributed by atoms with Gasteiger partial charge in [0.1, 0.15) is 12.1 Å². The first-order chi connectivity index (χ1) is 30.2. The second-order valence-corrected chi connectivity index (χ2v) is 17.0. The molecule has 6 N–H and O–H groups in total. The van der Waals surface area contributed by atoms with E-state index in [9.17, 15) is 28.8 Å². The number of rotatable bonds is 15. The number of anilines is 2. The summed E-state index contributed by atoms with van der Waals surface area (Å²) < 4.78 is 0. The largest absolute Gasteiger partial charge is 0.352 e. The summed E-state index contributed by atoms with van der Waals surface area (Å²) in [4.78, 5) is 88.5. The SMILES string of the molecule is O=C1N[C@@H](CCCCNC(=O)c2ccc(SSc3ccc(C(=O)NCCCC[C@@H]4NC(=O)c5ccccc5NC4=O)c4cccnc34)c3ncccc23)C(=O)Nc2ccccc21. The number of pyridine rings is 2. The van der Waals surface area contributed by atoms with Crippen LogP contribution >= 0.6 is 21.6 Å². The Morgan fingerprint density at radius 3 is 1.42 bits per heavy atom. The number of hydrogen-bond acceptors (Lipinski definition) is 10. The van der Waals surface area contributed by atoms with Crippen LogP contribution in [-0.2, 0) is 9.59 Å². The van der Waals surface area contributed by atoms with E-state index in [0.29, 0.717) is 107 Å². The van der Waals surface area contributed by atoms with Gasteiger partial charge in [-0.2, -0.15) is 0 Å². The number of carbonyl (C=O) groups is 6. The van der Waals surface area contributed by atoms with Gasteiger partial charge in [0.05, 0.1) is 33.5 Å². The fraction of sp³-hybridized carbons (Fsp3) is 0.217. The number of hydrogen-bond donors (Lipinski definition) is 6. The molecule has 2 aromatic heterocycles. The standard InChI is InChI=1S/C46H42N8O6S2/c55-41(49-23-7-5-17-35-45(59)51-33-15-3-1-11-31(33)43(57)53-35)29-19-21-37(39-27(29)13-9-25-47-39)61-62-38-22-20-30(28-14-10-26-48-40(28)38)42(56)50-24-8-6-18-36-46(60)52-34-16-4-2-12-32(34)44(58)54-36/h1-4,9-16,19-22,25-26,35-36H,5-8,17-18,23-24H2,(H,49,55)(H,50,56)(H,51,59)(H,52,60)(H,53,57)(H,54,58)/t35-,36-/m0/s1. The number of para-hydroxylation sites is 2. The minimum atomic E-state index is -0.667. The summed E-state index contributed by atoms with van der Waals surface area (Å²) >= 11 is 0. The van der Waals surface area contributed by atoms with E-state index in [1.54, 1.807) is 85.2 Å². The fourth-order valence-corrected chi connectivity index (χ4v) is 9.74. The summed E-state index contributed by atoms with van der Waals surface area (Å²) in [6, 6.07) is 27.1. The molecule has 6 amide bonds. The van der Waals surface area contributed by atoms with E-state index in [2.05, 4.69) is 41.9 Å². The van der Waals surface area contributed by atoms with Gasteiger partial charge in [-0.05, 0) is 99.2 Å². The monoisotopic (exact) mass is 866 g/mol. The van der Waals surface area contributed by atoms with Crippen molar-refractivity contribution in [1.82, 2.24) is 31.2 Å². The lowest BCUT2D eigenvalue weighted by molar-refractivity contribution is -0.118. The first-order valence-corrected chi connectivity index (χ1v) is 22.5. The van der Waals surface area contributed by atoms with E-state index in [1.807, 2.05) is 24.3 Å². The van der Waals surface area contributed by atoms with Crippen LogP contribution in [0.3, 0.4) is 0 Å². The molecule has 2 aliphatic heterocycles. The number of carbonyl (C=O) groups excluding carboxylic acids is 6. The Hall–Kier alpha value is -6.78. The molecule has 0 radical (unpaired) electrons. The van der Waals surface area contributed by atoms with Gasteiger partial charge in [-0.1, -0.05) is 58.0 Å². The molecule has 2 atom stereocenters. The summed E-state index contributed by atoms with van der Waals surface area (Å²) in [5, 5.41) is 18.7. The number of aromatic nitrogens is 2. The van der Waals surface area contributed by atoms with Gasteiger partial charge in [0.2, 0.25) is 11.8 Å². The highest BCUT2D eigenvalue weighted by Gasteiger charge is 2.28. The van der Waals surface area contributed by atoms with Crippen molar-refractivity contribution >= 4 is 90.2 Å². The van der Waals surface area contributed by atoms with Gasteiger partial charge in [-0.25, -0.2) is 0 Å². The zero-order valence-electron chi connectivity index (χ0n) is 33.4. The van der Waals surface area contributed by atoms with Gasteiger partial charge >= 0.3 is 0 Å². The second-order valence-electron chi connectivity index (χ2n) is 14.8. The van der Waals surface area contributed by atoms with E-state index >= 15 is 0 Å². The van der Waals surface area contributed by atoms with E-state index in [4.69, 9.17) is 0 Å². The number of amides is 6. The fourth-order valence-electron chi connectivity index (χ4n) is 7.48. The van der Waals surface area contributed by atoms with Gasteiger partial charge in [0.25, 0.3) is 23.6 Å². The van der Waals surface area contributed by atoms with Crippen LogP contribution in [0.25, 0.3) is 21.8 Å². The van der Waals surface area contributed by atoms with E-state index in [-0.39, 0.29) is 35.4 Å². The molecule has 0 bridgehead atoms. The summed E-state index contributed by atoms with van der Waals surface area (Å²) in [7, 11) is 2.96. The van der Waals surface area contributed by atoms with Crippen LogP contribution in [0.1, 0.15) is 80.0 Å². The van der Waals surface area contributed by atoms with Crippen molar-refractivity contribution in [1.29, 1.82) is 0 Å². The van der Waals surface area contributed by atoms with Gasteiger partial charge in [-0.15, -0.1) is 0 Å². The molecule has 62 heavy (non-hydrogen) atoms. The Morgan fingerprint density at radius 2 is 0.968 bits per heavy atom. The van der Waals surface area contributed by atoms with Gasteiger partial charge in [0, 0.05) is 57.2 Å². The van der Waals surface area contributed by atoms with Crippen molar-refractivity contribution in [3.8, 4) is 0 Å². The lowest BCUT2D eigenvalue weighted by Crippen LogP contribution is -2.41. The van der Waals surface area contributed by atoms with Crippen LogP contribution in [0.4, 0.5) is 11.4 Å². The summed E-state index contributed by atoms with van der Waals surface area (Å²) in [6.45, 7) is 0.780. The van der Waals surface area contributed by atoms with Crippen molar-refractivity contribution in [2.75, 3.05) is 23.7 Å². The molecule has 16 heteroatoms. The highest BCUT2D eigenvalue weighted by molar-refractivity contribution is 8.76. The predicted molar refractivity (Wildman–Crippen MR) is 240 cm³/mol. The Balaban J connectivity index is 0.832. The molecule has 0 unspecified atom stereocenters. The normalized spacial score (nSPS) is 15.9. The Morgan fingerprint density at radius 1 is 0.532 bits per heavy atom. The van der Waals surface area contributed by atoms with E-state index in [0.717, 1.165) is 9.79 Å². The van der Waals surface area contributed by atoms with Crippen LogP contribution in [0.5, 0.6) is 0 Å². The summed E-state index contributed by atoms with van der Waals surface area (Å²) in [5.74, 6) is -1.59. The van der Waals surface area contributed by atoms with Gasteiger partial charge < -0.3 is 31.9 Å². The van der Waals surface area contributed by atoms with Gasteiger partial charge in [-0.3, -0.25) is 38.7 Å². The molecule has 0 saturated heterocycles.